The molecular weight excluding hydrogens is 328 g/mol. The van der Waals surface area contributed by atoms with Gasteiger partial charge in [-0.15, -0.1) is 0 Å². The lowest BCUT2D eigenvalue weighted by atomic mass is 10.2. The number of hydrazine groups is 1. The number of nitro groups is 1. The van der Waals surface area contributed by atoms with E-state index in [-0.39, 0.29) is 24.0 Å². The molecule has 104 valence electrons. The number of aromatic nitrogens is 1. The molecule has 0 aliphatic rings. The number of benzene rings is 1. The summed E-state index contributed by atoms with van der Waals surface area (Å²) in [6.07, 6.45) is 0. The van der Waals surface area contributed by atoms with Crippen molar-refractivity contribution < 1.29 is 9.66 Å². The Morgan fingerprint density at radius 2 is 2.20 bits per heavy atom. The maximum Gasteiger partial charge on any atom is 0.278 e. The van der Waals surface area contributed by atoms with Gasteiger partial charge >= 0.3 is 0 Å². The SMILES string of the molecule is NNc1cc([N+](=O)[O-])cc(OCc2cccc(Br)c2)n1. The molecule has 8 heteroatoms. The predicted octanol–water partition coefficient (Wildman–Crippen LogP) is 2.62. The van der Waals surface area contributed by atoms with Gasteiger partial charge in [0.15, 0.2) is 5.82 Å². The van der Waals surface area contributed by atoms with Crippen LogP contribution >= 0.6 is 15.9 Å². The molecule has 0 bridgehead atoms. The van der Waals surface area contributed by atoms with E-state index in [1.54, 1.807) is 0 Å². The molecule has 0 atom stereocenters. The highest BCUT2D eigenvalue weighted by Gasteiger charge is 2.11. The number of nitrogens with two attached hydrogens (primary N) is 1. The van der Waals surface area contributed by atoms with Crippen LogP contribution in [-0.4, -0.2) is 9.91 Å². The Balaban J connectivity index is 2.16. The molecule has 0 spiro atoms. The zero-order chi connectivity index (χ0) is 14.5. The van der Waals surface area contributed by atoms with Crippen LogP contribution in [0, 0.1) is 10.1 Å². The average Bonchev–Trinajstić information content (AvgIpc) is 2.45. The van der Waals surface area contributed by atoms with Gasteiger partial charge in [-0.1, -0.05) is 28.1 Å². The summed E-state index contributed by atoms with van der Waals surface area (Å²) in [6.45, 7) is 0.248. The zero-order valence-electron chi connectivity index (χ0n) is 10.2. The lowest BCUT2D eigenvalue weighted by Crippen LogP contribution is -2.10. The van der Waals surface area contributed by atoms with E-state index in [1.807, 2.05) is 24.3 Å². The van der Waals surface area contributed by atoms with Crippen molar-refractivity contribution in [2.75, 3.05) is 5.43 Å². The first-order valence-corrected chi connectivity index (χ1v) is 6.38. The Morgan fingerprint density at radius 1 is 1.40 bits per heavy atom. The highest BCUT2D eigenvalue weighted by Crippen LogP contribution is 2.22. The summed E-state index contributed by atoms with van der Waals surface area (Å²) < 4.78 is 6.37. The number of nitrogens with one attached hydrogen (secondary N) is 1. The second-order valence-electron chi connectivity index (χ2n) is 3.87. The van der Waals surface area contributed by atoms with Crippen molar-refractivity contribution in [3.63, 3.8) is 0 Å². The third-order valence-electron chi connectivity index (χ3n) is 2.42. The van der Waals surface area contributed by atoms with Gasteiger partial charge in [0.2, 0.25) is 5.88 Å². The van der Waals surface area contributed by atoms with Crippen molar-refractivity contribution in [1.82, 2.24) is 4.98 Å². The first-order chi connectivity index (χ1) is 9.58. The van der Waals surface area contributed by atoms with E-state index >= 15 is 0 Å². The molecule has 0 radical (unpaired) electrons. The minimum Gasteiger partial charge on any atom is -0.473 e. The molecular formula is C12H11BrN4O3. The first kappa shape index (κ1) is 14.2. The molecule has 20 heavy (non-hydrogen) atoms. The highest BCUT2D eigenvalue weighted by atomic mass is 79.9. The van der Waals surface area contributed by atoms with Crippen molar-refractivity contribution in [3.8, 4) is 5.88 Å². The van der Waals surface area contributed by atoms with Crippen LogP contribution in [0.2, 0.25) is 0 Å². The van der Waals surface area contributed by atoms with E-state index in [4.69, 9.17) is 10.6 Å². The number of hydrogen-bond donors (Lipinski definition) is 2. The van der Waals surface area contributed by atoms with Gasteiger partial charge in [0.05, 0.1) is 17.1 Å². The van der Waals surface area contributed by atoms with Gasteiger partial charge in [-0.3, -0.25) is 10.1 Å². The van der Waals surface area contributed by atoms with Crippen molar-refractivity contribution in [1.29, 1.82) is 0 Å². The topological polar surface area (TPSA) is 103 Å². The standard InChI is InChI=1S/C12H11BrN4O3/c13-9-3-1-2-8(4-9)7-20-12-6-10(17(18)19)5-11(15-12)16-14/h1-6H,7,14H2,(H,15,16). The Kier molecular flexibility index (Phi) is 4.49. The molecule has 1 aromatic heterocycles. The van der Waals surface area contributed by atoms with Crippen LogP contribution in [0.5, 0.6) is 5.88 Å². The van der Waals surface area contributed by atoms with Crippen LogP contribution in [0.25, 0.3) is 0 Å². The average molecular weight is 339 g/mol. The van der Waals surface area contributed by atoms with Crippen LogP contribution in [0.15, 0.2) is 40.9 Å². The Morgan fingerprint density at radius 3 is 2.85 bits per heavy atom. The fourth-order valence-corrected chi connectivity index (χ4v) is 1.98. The maximum absolute atomic E-state index is 10.8. The Hall–Kier alpha value is -2.19. The number of anilines is 1. The highest BCUT2D eigenvalue weighted by molar-refractivity contribution is 9.10. The number of pyridine rings is 1. The number of nitrogens with zero attached hydrogens (tertiary/aromatic N) is 2. The molecule has 0 saturated heterocycles. The third kappa shape index (κ3) is 3.65. The molecule has 0 aliphatic carbocycles. The summed E-state index contributed by atoms with van der Waals surface area (Å²) in [5.41, 5.74) is 3.04. The van der Waals surface area contributed by atoms with Crippen molar-refractivity contribution in [2.45, 2.75) is 6.61 Å². The summed E-state index contributed by atoms with van der Waals surface area (Å²) in [5, 5.41) is 10.8. The number of ether oxygens (including phenoxy) is 1. The van der Waals surface area contributed by atoms with Gasteiger partial charge in [-0.25, -0.2) is 5.84 Å². The van der Waals surface area contributed by atoms with Gasteiger partial charge in [0.1, 0.15) is 6.61 Å². The molecule has 0 unspecified atom stereocenters. The Labute approximate surface area is 123 Å². The maximum atomic E-state index is 10.8. The smallest absolute Gasteiger partial charge is 0.278 e. The molecule has 7 nitrogen and oxygen atoms in total. The van der Waals surface area contributed by atoms with Crippen molar-refractivity contribution in [2.24, 2.45) is 5.84 Å². The molecule has 2 rings (SSSR count). The molecule has 3 N–H and O–H groups in total. The summed E-state index contributed by atoms with van der Waals surface area (Å²) in [4.78, 5) is 14.3. The monoisotopic (exact) mass is 338 g/mol. The van der Waals surface area contributed by atoms with E-state index in [9.17, 15) is 10.1 Å². The van der Waals surface area contributed by atoms with Crippen LogP contribution in [0.1, 0.15) is 5.56 Å². The lowest BCUT2D eigenvalue weighted by molar-refractivity contribution is -0.384. The normalized spacial score (nSPS) is 10.1. The summed E-state index contributed by atoms with van der Waals surface area (Å²) in [5.74, 6) is 5.52. The molecule has 1 heterocycles. The van der Waals surface area contributed by atoms with Crippen molar-refractivity contribution in [3.05, 3.63) is 56.5 Å². The van der Waals surface area contributed by atoms with Gasteiger partial charge in [-0.2, -0.15) is 4.98 Å². The van der Waals surface area contributed by atoms with E-state index in [1.165, 1.54) is 12.1 Å². The van der Waals surface area contributed by atoms with E-state index in [0.29, 0.717) is 0 Å². The fraction of sp³-hybridized carbons (Fsp3) is 0.0833. The summed E-state index contributed by atoms with van der Waals surface area (Å²) in [6, 6.07) is 10.0. The van der Waals surface area contributed by atoms with Crippen LogP contribution in [0.3, 0.4) is 0 Å². The number of rotatable bonds is 5. The van der Waals surface area contributed by atoms with Crippen molar-refractivity contribution >= 4 is 27.4 Å². The minimum absolute atomic E-state index is 0.132. The summed E-state index contributed by atoms with van der Waals surface area (Å²) >= 11 is 3.35. The number of halogens is 1. The molecule has 0 saturated carbocycles. The quantitative estimate of drug-likeness (QED) is 0.493. The van der Waals surface area contributed by atoms with Crippen LogP contribution in [0.4, 0.5) is 11.5 Å². The minimum atomic E-state index is -0.533. The molecule has 0 amide bonds. The van der Waals surface area contributed by atoms with Gasteiger partial charge in [0.25, 0.3) is 5.69 Å². The van der Waals surface area contributed by atoms with E-state index in [2.05, 4.69) is 26.3 Å². The number of hydrogen-bond acceptors (Lipinski definition) is 6. The summed E-state index contributed by atoms with van der Waals surface area (Å²) in [7, 11) is 0. The second kappa shape index (κ2) is 6.31. The molecule has 0 fully saturated rings. The predicted molar refractivity (Wildman–Crippen MR) is 77.2 cm³/mol. The Bertz CT molecular complexity index is 636. The lowest BCUT2D eigenvalue weighted by Gasteiger charge is -2.07. The molecule has 1 aromatic carbocycles. The fourth-order valence-electron chi connectivity index (χ4n) is 1.53. The zero-order valence-corrected chi connectivity index (χ0v) is 11.8. The first-order valence-electron chi connectivity index (χ1n) is 5.59. The number of nitrogen functional groups attached to an aromatic ring is 1. The van der Waals surface area contributed by atoms with Gasteiger partial charge in [-0.05, 0) is 17.7 Å². The van der Waals surface area contributed by atoms with Gasteiger partial charge in [0, 0.05) is 4.47 Å². The largest absolute Gasteiger partial charge is 0.473 e. The molecule has 0 aliphatic heterocycles. The molecule has 2 aromatic rings. The van der Waals surface area contributed by atoms with E-state index in [0.717, 1.165) is 10.0 Å². The third-order valence-corrected chi connectivity index (χ3v) is 2.91. The van der Waals surface area contributed by atoms with Crippen LogP contribution < -0.4 is 16.0 Å². The second-order valence-corrected chi connectivity index (χ2v) is 4.78. The van der Waals surface area contributed by atoms with E-state index < -0.39 is 4.92 Å². The van der Waals surface area contributed by atoms with Gasteiger partial charge < -0.3 is 10.2 Å². The van der Waals surface area contributed by atoms with Crippen LogP contribution in [-0.2, 0) is 6.61 Å².